The van der Waals surface area contributed by atoms with Gasteiger partial charge in [0.1, 0.15) is 16.2 Å². The highest BCUT2D eigenvalue weighted by molar-refractivity contribution is 7.89. The van der Waals surface area contributed by atoms with Crippen LogP contribution in [0.2, 0.25) is 5.02 Å². The topological polar surface area (TPSA) is 115 Å². The molecule has 30 heavy (non-hydrogen) atoms. The average molecular weight is 453 g/mol. The third-order valence-corrected chi connectivity index (χ3v) is 7.17. The quantitative estimate of drug-likeness (QED) is 0.563. The number of imidazole rings is 1. The summed E-state index contributed by atoms with van der Waals surface area (Å²) < 4.78 is 41.1. The molecule has 1 aliphatic rings. The zero-order valence-electron chi connectivity index (χ0n) is 15.6. The first-order valence-electron chi connectivity index (χ1n) is 9.17. The SMILES string of the molecule is O=C(Nc1ccc(F)c(Cl)c1)c1cc(S(=O)(=O)N2CCC(O)CC2)c2nc[nH]c2c1. The summed E-state index contributed by atoms with van der Waals surface area (Å²) in [6.45, 7) is 0.361. The fourth-order valence-corrected chi connectivity index (χ4v) is 5.18. The van der Waals surface area contributed by atoms with Crippen LogP contribution < -0.4 is 5.32 Å². The number of hydrogen-bond acceptors (Lipinski definition) is 5. The molecule has 11 heteroatoms. The number of fused-ring (bicyclic) bond motifs is 1. The summed E-state index contributed by atoms with van der Waals surface area (Å²) in [5.74, 6) is -1.20. The molecule has 1 amide bonds. The van der Waals surface area contributed by atoms with E-state index >= 15 is 0 Å². The summed E-state index contributed by atoms with van der Waals surface area (Å²) in [7, 11) is -3.93. The summed E-state index contributed by atoms with van der Waals surface area (Å²) >= 11 is 5.75. The van der Waals surface area contributed by atoms with Crippen molar-refractivity contribution < 1.29 is 22.7 Å². The molecule has 0 unspecified atom stereocenters. The second-order valence-corrected chi connectivity index (χ2v) is 9.30. The van der Waals surface area contributed by atoms with Crippen molar-refractivity contribution in [2.45, 2.75) is 23.8 Å². The molecule has 1 aromatic heterocycles. The van der Waals surface area contributed by atoms with Crippen molar-refractivity contribution in [2.24, 2.45) is 0 Å². The van der Waals surface area contributed by atoms with Gasteiger partial charge in [-0.25, -0.2) is 17.8 Å². The van der Waals surface area contributed by atoms with Crippen LogP contribution in [0.3, 0.4) is 0 Å². The number of anilines is 1. The summed E-state index contributed by atoms with van der Waals surface area (Å²) in [6.07, 6.45) is 1.51. The largest absolute Gasteiger partial charge is 0.393 e. The van der Waals surface area contributed by atoms with Crippen LogP contribution in [0.1, 0.15) is 23.2 Å². The van der Waals surface area contributed by atoms with Crippen LogP contribution in [0.15, 0.2) is 41.6 Å². The number of rotatable bonds is 4. The fourth-order valence-electron chi connectivity index (χ4n) is 3.34. The molecule has 2 aromatic carbocycles. The minimum absolute atomic E-state index is 0.0859. The summed E-state index contributed by atoms with van der Waals surface area (Å²) in [5, 5.41) is 12.1. The number of aromatic amines is 1. The molecule has 3 aromatic rings. The molecule has 0 atom stereocenters. The predicted molar refractivity (Wildman–Crippen MR) is 109 cm³/mol. The van der Waals surface area contributed by atoms with Crippen LogP contribution in [0.25, 0.3) is 11.0 Å². The number of nitrogens with one attached hydrogen (secondary N) is 2. The number of carbonyl (C=O) groups excluding carboxylic acids is 1. The number of hydrogen-bond donors (Lipinski definition) is 3. The van der Waals surface area contributed by atoms with Gasteiger partial charge in [0.25, 0.3) is 5.91 Å². The van der Waals surface area contributed by atoms with Gasteiger partial charge in [-0.15, -0.1) is 0 Å². The van der Waals surface area contributed by atoms with Crippen LogP contribution in [0, 0.1) is 5.82 Å². The smallest absolute Gasteiger partial charge is 0.255 e. The molecule has 0 saturated carbocycles. The maximum atomic E-state index is 13.3. The van der Waals surface area contributed by atoms with Crippen molar-refractivity contribution in [3.05, 3.63) is 53.1 Å². The highest BCUT2D eigenvalue weighted by Gasteiger charge is 2.31. The van der Waals surface area contributed by atoms with E-state index in [-0.39, 0.29) is 39.8 Å². The zero-order valence-corrected chi connectivity index (χ0v) is 17.2. The number of aromatic nitrogens is 2. The molecule has 1 saturated heterocycles. The van der Waals surface area contributed by atoms with E-state index < -0.39 is 27.9 Å². The summed E-state index contributed by atoms with van der Waals surface area (Å²) in [5.41, 5.74) is 0.964. The number of piperidine rings is 1. The van der Waals surface area contributed by atoms with Gasteiger partial charge in [-0.05, 0) is 43.2 Å². The Balaban J connectivity index is 1.70. The van der Waals surface area contributed by atoms with E-state index in [2.05, 4.69) is 15.3 Å². The molecule has 3 N–H and O–H groups in total. The maximum Gasteiger partial charge on any atom is 0.255 e. The number of carbonyl (C=O) groups is 1. The fraction of sp³-hybridized carbons (Fsp3) is 0.263. The molecule has 8 nitrogen and oxygen atoms in total. The number of nitrogens with zero attached hydrogens (tertiary/aromatic N) is 2. The molecular weight excluding hydrogens is 435 g/mol. The Morgan fingerprint density at radius 3 is 2.70 bits per heavy atom. The lowest BCUT2D eigenvalue weighted by Crippen LogP contribution is -2.40. The number of aliphatic hydroxyl groups excluding tert-OH is 1. The number of sulfonamides is 1. The van der Waals surface area contributed by atoms with E-state index in [4.69, 9.17) is 11.6 Å². The standard InChI is InChI=1S/C19H18ClFN4O4S/c20-14-9-12(1-2-15(14)21)24-19(27)11-7-16-18(23-10-22-16)17(8-11)30(28,29)25-5-3-13(26)4-6-25/h1-2,7-10,13,26H,3-6H2,(H,22,23)(H,24,27). The number of benzene rings is 2. The molecule has 0 spiro atoms. The third-order valence-electron chi connectivity index (χ3n) is 4.97. The van der Waals surface area contributed by atoms with Crippen LogP contribution in [0.5, 0.6) is 0 Å². The van der Waals surface area contributed by atoms with Gasteiger partial charge >= 0.3 is 0 Å². The van der Waals surface area contributed by atoms with Crippen molar-refractivity contribution in [1.29, 1.82) is 0 Å². The molecule has 0 aliphatic carbocycles. The van der Waals surface area contributed by atoms with Gasteiger partial charge in [0.05, 0.1) is 23.0 Å². The predicted octanol–water partition coefficient (Wildman–Crippen LogP) is 2.75. The summed E-state index contributed by atoms with van der Waals surface area (Å²) in [4.78, 5) is 19.6. The van der Waals surface area contributed by atoms with Gasteiger partial charge in [-0.1, -0.05) is 11.6 Å². The second-order valence-electron chi connectivity index (χ2n) is 6.99. The first kappa shape index (κ1) is 20.7. The zero-order chi connectivity index (χ0) is 21.5. The monoisotopic (exact) mass is 452 g/mol. The molecule has 2 heterocycles. The lowest BCUT2D eigenvalue weighted by Gasteiger charge is -2.28. The number of halogens is 2. The molecular formula is C19H18ClFN4O4S. The minimum atomic E-state index is -3.93. The maximum absolute atomic E-state index is 13.3. The lowest BCUT2D eigenvalue weighted by molar-refractivity contribution is 0.102. The number of amides is 1. The Kier molecular flexibility index (Phi) is 5.49. The summed E-state index contributed by atoms with van der Waals surface area (Å²) in [6, 6.07) is 6.49. The Morgan fingerprint density at radius 1 is 1.27 bits per heavy atom. The minimum Gasteiger partial charge on any atom is -0.393 e. The van der Waals surface area contributed by atoms with Gasteiger partial charge in [-0.2, -0.15) is 4.31 Å². The highest BCUT2D eigenvalue weighted by Crippen LogP contribution is 2.28. The van der Waals surface area contributed by atoms with Gasteiger partial charge in [0.2, 0.25) is 10.0 Å². The third kappa shape index (κ3) is 3.91. The van der Waals surface area contributed by atoms with Gasteiger partial charge < -0.3 is 15.4 Å². The molecule has 4 rings (SSSR count). The van der Waals surface area contributed by atoms with Crippen LogP contribution in [-0.2, 0) is 10.0 Å². The van der Waals surface area contributed by atoms with E-state index in [0.717, 1.165) is 6.07 Å². The van der Waals surface area contributed by atoms with Crippen molar-refractivity contribution in [2.75, 3.05) is 18.4 Å². The Hall–Kier alpha value is -2.53. The van der Waals surface area contributed by atoms with Crippen molar-refractivity contribution >= 4 is 44.3 Å². The number of aliphatic hydroxyl groups is 1. The molecule has 1 aliphatic heterocycles. The van der Waals surface area contributed by atoms with Gasteiger partial charge in [0, 0.05) is 24.3 Å². The normalized spacial score (nSPS) is 16.1. The van der Waals surface area contributed by atoms with E-state index in [1.165, 1.54) is 34.9 Å². The van der Waals surface area contributed by atoms with Gasteiger partial charge in [-0.3, -0.25) is 4.79 Å². The van der Waals surface area contributed by atoms with Crippen LogP contribution in [0.4, 0.5) is 10.1 Å². The Bertz CT molecular complexity index is 1220. The molecule has 0 radical (unpaired) electrons. The van der Waals surface area contributed by atoms with Crippen molar-refractivity contribution in [3.63, 3.8) is 0 Å². The number of H-pyrrole nitrogens is 1. The molecule has 1 fully saturated rings. The van der Waals surface area contributed by atoms with E-state index in [9.17, 15) is 22.7 Å². The van der Waals surface area contributed by atoms with E-state index in [1.54, 1.807) is 0 Å². The molecule has 0 bridgehead atoms. The first-order valence-corrected chi connectivity index (χ1v) is 11.0. The lowest BCUT2D eigenvalue weighted by atomic mass is 10.1. The Labute approximate surface area is 176 Å². The van der Waals surface area contributed by atoms with E-state index in [1.807, 2.05) is 0 Å². The highest BCUT2D eigenvalue weighted by atomic mass is 35.5. The van der Waals surface area contributed by atoms with E-state index in [0.29, 0.717) is 18.4 Å². The average Bonchev–Trinajstić information content (AvgIpc) is 3.19. The second kappa shape index (κ2) is 7.95. The van der Waals surface area contributed by atoms with Crippen LogP contribution >= 0.6 is 11.6 Å². The first-order chi connectivity index (χ1) is 14.3. The van der Waals surface area contributed by atoms with Gasteiger partial charge in [0.15, 0.2) is 0 Å². The Morgan fingerprint density at radius 2 is 2.00 bits per heavy atom. The van der Waals surface area contributed by atoms with Crippen molar-refractivity contribution in [1.82, 2.24) is 14.3 Å². The van der Waals surface area contributed by atoms with Crippen molar-refractivity contribution in [3.8, 4) is 0 Å². The van der Waals surface area contributed by atoms with Crippen LogP contribution in [-0.4, -0.2) is 52.9 Å². The molecule has 158 valence electrons.